The van der Waals surface area contributed by atoms with Gasteiger partial charge in [-0.05, 0) is 26.8 Å². The molecule has 8 heteroatoms. The van der Waals surface area contributed by atoms with Crippen LogP contribution in [-0.4, -0.2) is 62.6 Å². The molecule has 2 N–H and O–H groups in total. The molecule has 1 aliphatic rings. The number of hydrogen-bond donors (Lipinski definition) is 2. The van der Waals surface area contributed by atoms with Crippen molar-refractivity contribution < 1.29 is 14.7 Å². The van der Waals surface area contributed by atoms with Crippen LogP contribution in [-0.2, 0) is 11.3 Å². The van der Waals surface area contributed by atoms with Gasteiger partial charge < -0.3 is 15.3 Å². The normalized spacial score (nSPS) is 23.5. The van der Waals surface area contributed by atoms with Crippen LogP contribution in [0.5, 0.6) is 0 Å². The van der Waals surface area contributed by atoms with Gasteiger partial charge in [-0.25, -0.2) is 9.48 Å². The smallest absolute Gasteiger partial charge is 0.358 e. The number of likely N-dealkylation sites (tertiary alicyclic amines) is 1. The molecule has 1 aliphatic heterocycles. The van der Waals surface area contributed by atoms with Crippen molar-refractivity contribution in [3.63, 3.8) is 0 Å². The number of amides is 1. The van der Waals surface area contributed by atoms with Gasteiger partial charge in [0.1, 0.15) is 6.54 Å². The largest absolute Gasteiger partial charge is 0.476 e. The van der Waals surface area contributed by atoms with Crippen molar-refractivity contribution in [2.45, 2.75) is 38.4 Å². The molecule has 2 unspecified atom stereocenters. The van der Waals surface area contributed by atoms with E-state index < -0.39 is 5.97 Å². The van der Waals surface area contributed by atoms with Crippen molar-refractivity contribution in [2.75, 3.05) is 13.6 Å². The zero-order valence-corrected chi connectivity index (χ0v) is 11.6. The lowest BCUT2D eigenvalue weighted by atomic mass is 9.99. The van der Waals surface area contributed by atoms with E-state index in [9.17, 15) is 9.59 Å². The van der Waals surface area contributed by atoms with Gasteiger partial charge in [-0.3, -0.25) is 4.79 Å². The molecule has 0 spiro atoms. The molecule has 0 aromatic carbocycles. The molecule has 20 heavy (non-hydrogen) atoms. The van der Waals surface area contributed by atoms with Gasteiger partial charge in [0, 0.05) is 18.6 Å². The van der Waals surface area contributed by atoms with Gasteiger partial charge in [-0.1, -0.05) is 5.21 Å². The molecule has 1 amide bonds. The van der Waals surface area contributed by atoms with Crippen molar-refractivity contribution in [2.24, 2.45) is 0 Å². The lowest BCUT2D eigenvalue weighted by Gasteiger charge is -2.35. The van der Waals surface area contributed by atoms with Crippen LogP contribution in [0, 0.1) is 0 Å². The predicted molar refractivity (Wildman–Crippen MR) is 70.2 cm³/mol. The Morgan fingerprint density at radius 2 is 2.30 bits per heavy atom. The molecule has 1 aromatic rings. The molecular weight excluding hydrogens is 262 g/mol. The minimum absolute atomic E-state index is 0.0129. The third-order valence-corrected chi connectivity index (χ3v) is 3.64. The second-order valence-corrected chi connectivity index (χ2v) is 5.22. The molecule has 1 saturated heterocycles. The zero-order chi connectivity index (χ0) is 14.7. The van der Waals surface area contributed by atoms with Crippen LogP contribution >= 0.6 is 0 Å². The van der Waals surface area contributed by atoms with Gasteiger partial charge in [0.2, 0.25) is 5.91 Å². The van der Waals surface area contributed by atoms with Crippen molar-refractivity contribution in [1.29, 1.82) is 0 Å². The summed E-state index contributed by atoms with van der Waals surface area (Å²) in [4.78, 5) is 24.8. The van der Waals surface area contributed by atoms with Gasteiger partial charge in [-0.2, -0.15) is 0 Å². The number of rotatable bonds is 4. The van der Waals surface area contributed by atoms with Crippen molar-refractivity contribution >= 4 is 11.9 Å². The van der Waals surface area contributed by atoms with E-state index in [-0.39, 0.29) is 24.2 Å². The number of piperidine rings is 1. The topological polar surface area (TPSA) is 100 Å². The van der Waals surface area contributed by atoms with Gasteiger partial charge in [0.25, 0.3) is 0 Å². The highest BCUT2D eigenvalue weighted by Gasteiger charge is 2.24. The Kier molecular flexibility index (Phi) is 4.33. The Labute approximate surface area is 116 Å². The zero-order valence-electron chi connectivity index (χ0n) is 11.6. The van der Waals surface area contributed by atoms with Crippen LogP contribution in [0.4, 0.5) is 0 Å². The van der Waals surface area contributed by atoms with Crippen molar-refractivity contribution in [1.82, 2.24) is 25.2 Å². The quantitative estimate of drug-likeness (QED) is 0.777. The SMILES string of the molecule is CC1CC(NC(=O)Cn2cc(C(=O)O)nn2)CCN1C. The van der Waals surface area contributed by atoms with Gasteiger partial charge in [0.05, 0.1) is 6.20 Å². The number of carboxylic acid groups (broad SMARTS) is 1. The van der Waals surface area contributed by atoms with E-state index in [0.29, 0.717) is 6.04 Å². The number of carboxylic acids is 1. The first-order chi connectivity index (χ1) is 9.45. The average Bonchev–Trinajstić information content (AvgIpc) is 2.82. The molecule has 2 atom stereocenters. The summed E-state index contributed by atoms with van der Waals surface area (Å²) < 4.78 is 1.23. The summed E-state index contributed by atoms with van der Waals surface area (Å²) in [6.07, 6.45) is 3.09. The Hall–Kier alpha value is -1.96. The summed E-state index contributed by atoms with van der Waals surface area (Å²) in [7, 11) is 2.07. The van der Waals surface area contributed by atoms with Gasteiger partial charge in [0.15, 0.2) is 5.69 Å². The molecule has 8 nitrogen and oxygen atoms in total. The molecule has 1 fully saturated rings. The Morgan fingerprint density at radius 3 is 2.90 bits per heavy atom. The maximum absolute atomic E-state index is 11.9. The van der Waals surface area contributed by atoms with E-state index >= 15 is 0 Å². The summed E-state index contributed by atoms with van der Waals surface area (Å²) in [5, 5.41) is 18.8. The second-order valence-electron chi connectivity index (χ2n) is 5.22. The molecular formula is C12H19N5O3. The van der Waals surface area contributed by atoms with Crippen molar-refractivity contribution in [3.8, 4) is 0 Å². The minimum atomic E-state index is -1.15. The lowest BCUT2D eigenvalue weighted by molar-refractivity contribution is -0.123. The first-order valence-electron chi connectivity index (χ1n) is 6.58. The third-order valence-electron chi connectivity index (χ3n) is 3.64. The standard InChI is InChI=1S/C12H19N5O3/c1-8-5-9(3-4-16(8)2)13-11(18)7-17-6-10(12(19)20)14-15-17/h6,8-9H,3-5,7H2,1-2H3,(H,13,18)(H,19,20). The first kappa shape index (κ1) is 14.4. The Bertz CT molecular complexity index is 501. The highest BCUT2D eigenvalue weighted by molar-refractivity contribution is 5.84. The minimum Gasteiger partial charge on any atom is -0.476 e. The summed E-state index contributed by atoms with van der Waals surface area (Å²) in [6.45, 7) is 3.08. The number of carbonyl (C=O) groups is 2. The Balaban J connectivity index is 1.84. The molecule has 1 aromatic heterocycles. The van der Waals surface area contributed by atoms with E-state index in [4.69, 9.17) is 5.11 Å². The molecule has 2 heterocycles. The lowest BCUT2D eigenvalue weighted by Crippen LogP contribution is -2.48. The number of carbonyl (C=O) groups excluding carboxylic acids is 1. The molecule has 0 saturated carbocycles. The van der Waals surface area contributed by atoms with Crippen molar-refractivity contribution in [3.05, 3.63) is 11.9 Å². The fourth-order valence-corrected chi connectivity index (χ4v) is 2.31. The van der Waals surface area contributed by atoms with Gasteiger partial charge in [-0.15, -0.1) is 5.10 Å². The number of aromatic nitrogens is 3. The number of hydrogen-bond acceptors (Lipinski definition) is 5. The van der Waals surface area contributed by atoms with Crippen LogP contribution in [0.15, 0.2) is 6.20 Å². The highest BCUT2D eigenvalue weighted by atomic mass is 16.4. The summed E-state index contributed by atoms with van der Waals surface area (Å²) in [5.41, 5.74) is -0.161. The van der Waals surface area contributed by atoms with E-state index in [1.807, 2.05) is 0 Å². The monoisotopic (exact) mass is 281 g/mol. The maximum Gasteiger partial charge on any atom is 0.358 e. The van der Waals surface area contributed by atoms with Crippen LogP contribution in [0.1, 0.15) is 30.3 Å². The molecule has 0 radical (unpaired) electrons. The second kappa shape index (κ2) is 6.00. The molecule has 2 rings (SSSR count). The van der Waals surface area contributed by atoms with Crippen LogP contribution in [0.3, 0.4) is 0 Å². The van der Waals surface area contributed by atoms with E-state index in [0.717, 1.165) is 19.4 Å². The number of nitrogens with one attached hydrogen (secondary N) is 1. The molecule has 110 valence electrons. The molecule has 0 bridgehead atoms. The molecule has 0 aliphatic carbocycles. The highest BCUT2D eigenvalue weighted by Crippen LogP contribution is 2.15. The van der Waals surface area contributed by atoms with Crippen LogP contribution in [0.2, 0.25) is 0 Å². The summed E-state index contributed by atoms with van der Waals surface area (Å²) in [5.74, 6) is -1.32. The fraction of sp³-hybridized carbons (Fsp3) is 0.667. The number of nitrogens with zero attached hydrogens (tertiary/aromatic N) is 4. The van der Waals surface area contributed by atoms with Crippen LogP contribution < -0.4 is 5.32 Å². The first-order valence-corrected chi connectivity index (χ1v) is 6.58. The van der Waals surface area contributed by atoms with E-state index in [1.54, 1.807) is 0 Å². The Morgan fingerprint density at radius 1 is 1.55 bits per heavy atom. The fourth-order valence-electron chi connectivity index (χ4n) is 2.31. The van der Waals surface area contributed by atoms with E-state index in [1.165, 1.54) is 10.9 Å². The van der Waals surface area contributed by atoms with E-state index in [2.05, 4.69) is 34.5 Å². The predicted octanol–water partition coefficient (Wildman–Crippen LogP) is -0.425. The third kappa shape index (κ3) is 3.53. The maximum atomic E-state index is 11.9. The van der Waals surface area contributed by atoms with Crippen LogP contribution in [0.25, 0.3) is 0 Å². The summed E-state index contributed by atoms with van der Waals surface area (Å²) >= 11 is 0. The average molecular weight is 281 g/mol. The van der Waals surface area contributed by atoms with Gasteiger partial charge >= 0.3 is 5.97 Å². The summed E-state index contributed by atoms with van der Waals surface area (Å²) in [6, 6.07) is 0.607. The number of aromatic carboxylic acids is 1.